The van der Waals surface area contributed by atoms with Crippen LogP contribution in [-0.4, -0.2) is 17.2 Å². The van der Waals surface area contributed by atoms with Gasteiger partial charge < -0.3 is 14.6 Å². The third-order valence-electron chi connectivity index (χ3n) is 3.01. The quantitative estimate of drug-likeness (QED) is 0.890. The number of nitrogens with zero attached hydrogens (tertiary/aromatic N) is 1. The molecule has 5 heteroatoms. The van der Waals surface area contributed by atoms with Gasteiger partial charge in [0.1, 0.15) is 18.1 Å². The fraction of sp³-hybridized carbons (Fsp3) is 0.312. The molecule has 4 nitrogen and oxygen atoms in total. The molecule has 1 atom stereocenters. The van der Waals surface area contributed by atoms with Gasteiger partial charge in [0.15, 0.2) is 0 Å². The Bertz CT molecular complexity index is 629. The molecule has 0 radical (unpaired) electrons. The van der Waals surface area contributed by atoms with Gasteiger partial charge in [-0.15, -0.1) is 0 Å². The number of halogens is 1. The summed E-state index contributed by atoms with van der Waals surface area (Å²) in [5.41, 5.74) is 2.40. The minimum Gasteiger partial charge on any atom is -0.497 e. The number of aromatic nitrogens is 1. The van der Waals surface area contributed by atoms with Crippen LogP contribution in [0.5, 0.6) is 11.5 Å². The highest BCUT2D eigenvalue weighted by atomic mass is 79.9. The Kier molecular flexibility index (Phi) is 5.20. The Morgan fingerprint density at radius 2 is 2.05 bits per heavy atom. The van der Waals surface area contributed by atoms with Crippen LogP contribution in [0.2, 0.25) is 0 Å². The van der Waals surface area contributed by atoms with E-state index in [1.807, 2.05) is 37.3 Å². The highest BCUT2D eigenvalue weighted by Crippen LogP contribution is 2.29. The molecule has 0 spiro atoms. The minimum absolute atomic E-state index is 0.319. The van der Waals surface area contributed by atoms with E-state index in [4.69, 9.17) is 9.47 Å². The number of aliphatic hydroxyl groups is 1. The molecule has 0 unspecified atom stereocenters. The molecule has 2 rings (SSSR count). The molecule has 1 aromatic heterocycles. The summed E-state index contributed by atoms with van der Waals surface area (Å²) in [5.74, 6) is 1.41. The lowest BCUT2D eigenvalue weighted by Crippen LogP contribution is -2.03. The van der Waals surface area contributed by atoms with Crippen molar-refractivity contribution in [2.75, 3.05) is 7.11 Å². The molecule has 0 fully saturated rings. The van der Waals surface area contributed by atoms with Crippen molar-refractivity contribution in [3.05, 3.63) is 51.8 Å². The van der Waals surface area contributed by atoms with Gasteiger partial charge in [0.05, 0.1) is 18.9 Å². The number of hydrogen-bond donors (Lipinski definition) is 1. The number of rotatable bonds is 5. The summed E-state index contributed by atoms with van der Waals surface area (Å²) in [5, 5.41) is 9.82. The predicted molar refractivity (Wildman–Crippen MR) is 84.6 cm³/mol. The minimum atomic E-state index is -0.600. The van der Waals surface area contributed by atoms with Gasteiger partial charge in [-0.25, -0.2) is 0 Å². The number of pyridine rings is 1. The number of benzene rings is 1. The molecule has 1 N–H and O–H groups in total. The van der Waals surface area contributed by atoms with E-state index in [2.05, 4.69) is 20.9 Å². The first-order chi connectivity index (χ1) is 9.99. The Labute approximate surface area is 132 Å². The van der Waals surface area contributed by atoms with Gasteiger partial charge in [0, 0.05) is 27.9 Å². The van der Waals surface area contributed by atoms with E-state index >= 15 is 0 Å². The van der Waals surface area contributed by atoms with Gasteiger partial charge in [-0.05, 0) is 32.0 Å². The third-order valence-corrected chi connectivity index (χ3v) is 3.51. The fourth-order valence-corrected chi connectivity index (χ4v) is 2.40. The molecule has 0 saturated heterocycles. The van der Waals surface area contributed by atoms with Crippen molar-refractivity contribution in [2.24, 2.45) is 0 Å². The number of aliphatic hydroxyl groups excluding tert-OH is 1. The topological polar surface area (TPSA) is 51.6 Å². The summed E-state index contributed by atoms with van der Waals surface area (Å²) in [4.78, 5) is 4.41. The molecule has 0 aliphatic heterocycles. The monoisotopic (exact) mass is 351 g/mol. The number of methoxy groups -OCH3 is 1. The molecule has 21 heavy (non-hydrogen) atoms. The maximum atomic E-state index is 9.82. The summed E-state index contributed by atoms with van der Waals surface area (Å²) in [6.45, 7) is 3.94. The van der Waals surface area contributed by atoms with Crippen LogP contribution in [0, 0.1) is 6.92 Å². The Morgan fingerprint density at radius 1 is 1.29 bits per heavy atom. The highest BCUT2D eigenvalue weighted by molar-refractivity contribution is 9.10. The van der Waals surface area contributed by atoms with Crippen molar-refractivity contribution in [3.63, 3.8) is 0 Å². The zero-order valence-corrected chi connectivity index (χ0v) is 13.8. The van der Waals surface area contributed by atoms with Crippen molar-refractivity contribution in [2.45, 2.75) is 26.6 Å². The van der Waals surface area contributed by atoms with Crippen LogP contribution in [-0.2, 0) is 6.61 Å². The summed E-state index contributed by atoms with van der Waals surface area (Å²) < 4.78 is 11.9. The standard InChI is InChI=1S/C16H18BrNO3/c1-10-6-14(20-3)8-13(18-10)9-21-16-5-4-12(17)7-15(16)11(2)19/h4-8,11,19H,9H2,1-3H3/t11-/m0/s1. The Balaban J connectivity index is 2.18. The molecule has 0 amide bonds. The summed E-state index contributed by atoms with van der Waals surface area (Å²) in [6.07, 6.45) is -0.600. The van der Waals surface area contributed by atoms with Gasteiger partial charge in [0.25, 0.3) is 0 Å². The summed E-state index contributed by atoms with van der Waals surface area (Å²) in [6, 6.07) is 9.27. The molecule has 0 aliphatic rings. The van der Waals surface area contributed by atoms with Gasteiger partial charge in [-0.2, -0.15) is 0 Å². The van der Waals surface area contributed by atoms with Crippen molar-refractivity contribution in [1.29, 1.82) is 0 Å². The Hall–Kier alpha value is -1.59. The molecule has 1 heterocycles. The van der Waals surface area contributed by atoms with Crippen LogP contribution in [0.25, 0.3) is 0 Å². The van der Waals surface area contributed by atoms with Gasteiger partial charge in [-0.1, -0.05) is 15.9 Å². The zero-order valence-electron chi connectivity index (χ0n) is 12.3. The number of hydrogen-bond acceptors (Lipinski definition) is 4. The van der Waals surface area contributed by atoms with Gasteiger partial charge in [-0.3, -0.25) is 4.98 Å². The van der Waals surface area contributed by atoms with Crippen LogP contribution >= 0.6 is 15.9 Å². The zero-order chi connectivity index (χ0) is 15.4. The van der Waals surface area contributed by atoms with Crippen LogP contribution in [0.3, 0.4) is 0 Å². The fourth-order valence-electron chi connectivity index (χ4n) is 2.02. The molecule has 2 aromatic rings. The molecule has 0 aliphatic carbocycles. The molecule has 112 valence electrons. The van der Waals surface area contributed by atoms with Crippen molar-refractivity contribution in [3.8, 4) is 11.5 Å². The predicted octanol–water partition coefficient (Wildman–Crippen LogP) is 3.79. The number of aryl methyl sites for hydroxylation is 1. The smallest absolute Gasteiger partial charge is 0.130 e. The van der Waals surface area contributed by atoms with E-state index in [0.29, 0.717) is 12.4 Å². The van der Waals surface area contributed by atoms with Crippen LogP contribution in [0.4, 0.5) is 0 Å². The first kappa shape index (κ1) is 15.8. The van der Waals surface area contributed by atoms with E-state index in [1.54, 1.807) is 14.0 Å². The summed E-state index contributed by atoms with van der Waals surface area (Å²) >= 11 is 3.39. The van der Waals surface area contributed by atoms with E-state index in [9.17, 15) is 5.11 Å². The molecular formula is C16H18BrNO3. The van der Waals surface area contributed by atoms with Crippen molar-refractivity contribution < 1.29 is 14.6 Å². The van der Waals surface area contributed by atoms with E-state index in [0.717, 1.165) is 27.2 Å². The number of ether oxygens (including phenoxy) is 2. The van der Waals surface area contributed by atoms with Crippen molar-refractivity contribution in [1.82, 2.24) is 4.98 Å². The van der Waals surface area contributed by atoms with Crippen LogP contribution in [0.1, 0.15) is 30.0 Å². The van der Waals surface area contributed by atoms with Crippen LogP contribution < -0.4 is 9.47 Å². The lowest BCUT2D eigenvalue weighted by Gasteiger charge is -2.14. The molecule has 0 saturated carbocycles. The third kappa shape index (κ3) is 4.19. The first-order valence-electron chi connectivity index (χ1n) is 6.61. The van der Waals surface area contributed by atoms with E-state index in [1.165, 1.54) is 0 Å². The molecule has 0 bridgehead atoms. The van der Waals surface area contributed by atoms with E-state index in [-0.39, 0.29) is 0 Å². The van der Waals surface area contributed by atoms with Gasteiger partial charge in [0.2, 0.25) is 0 Å². The largest absolute Gasteiger partial charge is 0.497 e. The summed E-state index contributed by atoms with van der Waals surface area (Å²) in [7, 11) is 1.62. The molecular weight excluding hydrogens is 334 g/mol. The lowest BCUT2D eigenvalue weighted by molar-refractivity contribution is 0.189. The maximum absolute atomic E-state index is 9.82. The average Bonchev–Trinajstić information content (AvgIpc) is 2.45. The normalized spacial score (nSPS) is 12.0. The second kappa shape index (κ2) is 6.91. The Morgan fingerprint density at radius 3 is 2.71 bits per heavy atom. The maximum Gasteiger partial charge on any atom is 0.130 e. The first-order valence-corrected chi connectivity index (χ1v) is 7.40. The van der Waals surface area contributed by atoms with Gasteiger partial charge >= 0.3 is 0 Å². The second-order valence-corrected chi connectivity index (χ2v) is 5.70. The van der Waals surface area contributed by atoms with Crippen molar-refractivity contribution >= 4 is 15.9 Å². The second-order valence-electron chi connectivity index (χ2n) is 4.79. The molecule has 1 aromatic carbocycles. The van der Waals surface area contributed by atoms with Crippen LogP contribution in [0.15, 0.2) is 34.8 Å². The SMILES string of the molecule is COc1cc(C)nc(COc2ccc(Br)cc2[C@H](C)O)c1. The van der Waals surface area contributed by atoms with E-state index < -0.39 is 6.10 Å². The average molecular weight is 352 g/mol. The highest BCUT2D eigenvalue weighted by Gasteiger charge is 2.11. The lowest BCUT2D eigenvalue weighted by atomic mass is 10.1.